The Hall–Kier alpha value is -0.450. The predicted molar refractivity (Wildman–Crippen MR) is 85.4 cm³/mol. The molecule has 3 nitrogen and oxygen atoms in total. The molecule has 2 heterocycles. The van der Waals surface area contributed by atoms with Crippen LogP contribution in [-0.4, -0.2) is 29.8 Å². The van der Waals surface area contributed by atoms with Crippen LogP contribution in [-0.2, 0) is 11.2 Å². The summed E-state index contributed by atoms with van der Waals surface area (Å²) >= 11 is 1.84. The van der Waals surface area contributed by atoms with Crippen molar-refractivity contribution < 1.29 is 4.74 Å². The Labute approximate surface area is 127 Å². The van der Waals surface area contributed by atoms with Gasteiger partial charge < -0.3 is 10.1 Å². The minimum atomic E-state index is 0.325. The molecule has 4 heteroatoms. The third kappa shape index (κ3) is 3.23. The van der Waals surface area contributed by atoms with Gasteiger partial charge in [0.15, 0.2) is 0 Å². The van der Waals surface area contributed by atoms with Gasteiger partial charge in [-0.05, 0) is 40.2 Å². The second-order valence-corrected chi connectivity index (χ2v) is 7.39. The third-order valence-corrected chi connectivity index (χ3v) is 5.81. The van der Waals surface area contributed by atoms with Gasteiger partial charge in [0, 0.05) is 23.3 Å². The lowest BCUT2D eigenvalue weighted by molar-refractivity contribution is 0.0476. The first-order valence-corrected chi connectivity index (χ1v) is 8.57. The molecule has 1 aliphatic rings. The number of likely N-dealkylation sites (N-methyl/N-ethyl adjacent to an activating group) is 1. The molecular formula is C16H28N2OS. The number of thiazole rings is 1. The Morgan fingerprint density at radius 2 is 1.95 bits per heavy atom. The second-order valence-electron chi connectivity index (χ2n) is 6.10. The summed E-state index contributed by atoms with van der Waals surface area (Å²) in [6.45, 7) is 14.2. The lowest BCUT2D eigenvalue weighted by Gasteiger charge is -2.29. The van der Waals surface area contributed by atoms with Gasteiger partial charge in [0.1, 0.15) is 0 Å². The van der Waals surface area contributed by atoms with E-state index in [1.165, 1.54) is 15.6 Å². The summed E-state index contributed by atoms with van der Waals surface area (Å²) in [6.07, 6.45) is 1.70. The molecule has 1 N–H and O–H groups in total. The van der Waals surface area contributed by atoms with E-state index in [1.54, 1.807) is 0 Å². The summed E-state index contributed by atoms with van der Waals surface area (Å²) in [5.74, 6) is 1.16. The molecule has 20 heavy (non-hydrogen) atoms. The van der Waals surface area contributed by atoms with Crippen LogP contribution in [0, 0.1) is 25.7 Å². The average Bonchev–Trinajstić information content (AvgIpc) is 2.80. The Morgan fingerprint density at radius 3 is 2.40 bits per heavy atom. The number of hydrogen-bond acceptors (Lipinski definition) is 4. The van der Waals surface area contributed by atoms with Crippen LogP contribution in [0.1, 0.15) is 43.3 Å². The molecule has 114 valence electrons. The highest BCUT2D eigenvalue weighted by molar-refractivity contribution is 7.11. The number of aromatic nitrogens is 1. The predicted octanol–water partition coefficient (Wildman–Crippen LogP) is 3.34. The Kier molecular flexibility index (Phi) is 5.21. The summed E-state index contributed by atoms with van der Waals surface area (Å²) in [7, 11) is 0. The second kappa shape index (κ2) is 6.54. The zero-order valence-corrected chi connectivity index (χ0v) is 14.4. The maximum absolute atomic E-state index is 6.02. The molecule has 0 radical (unpaired) electrons. The van der Waals surface area contributed by atoms with Gasteiger partial charge in [-0.2, -0.15) is 0 Å². The molecule has 0 saturated carbocycles. The molecule has 0 bridgehead atoms. The largest absolute Gasteiger partial charge is 0.375 e. The molecule has 1 fully saturated rings. The first-order valence-electron chi connectivity index (χ1n) is 7.75. The van der Waals surface area contributed by atoms with Crippen LogP contribution in [0.3, 0.4) is 0 Å². The maximum Gasteiger partial charge on any atom is 0.0946 e. The van der Waals surface area contributed by atoms with Crippen LogP contribution in [0.4, 0.5) is 0 Å². The van der Waals surface area contributed by atoms with E-state index in [4.69, 9.17) is 9.72 Å². The van der Waals surface area contributed by atoms with Crippen molar-refractivity contribution >= 4 is 11.3 Å². The van der Waals surface area contributed by atoms with Crippen molar-refractivity contribution in [2.45, 2.75) is 66.2 Å². The normalized spacial score (nSPS) is 31.7. The highest BCUT2D eigenvalue weighted by atomic mass is 32.1. The Bertz CT molecular complexity index is 426. The van der Waals surface area contributed by atoms with E-state index in [0.717, 1.165) is 13.0 Å². The summed E-state index contributed by atoms with van der Waals surface area (Å²) < 4.78 is 6.02. The van der Waals surface area contributed by atoms with Crippen molar-refractivity contribution in [2.24, 2.45) is 11.8 Å². The summed E-state index contributed by atoms with van der Waals surface area (Å²) in [6, 6.07) is 0.458. The smallest absolute Gasteiger partial charge is 0.0946 e. The van der Waals surface area contributed by atoms with Gasteiger partial charge in [0.25, 0.3) is 0 Å². The van der Waals surface area contributed by atoms with E-state index < -0.39 is 0 Å². The summed E-state index contributed by atoms with van der Waals surface area (Å²) in [5, 5.41) is 4.92. The van der Waals surface area contributed by atoms with Crippen molar-refractivity contribution in [1.29, 1.82) is 0 Å². The van der Waals surface area contributed by atoms with Crippen LogP contribution < -0.4 is 5.32 Å². The van der Waals surface area contributed by atoms with Gasteiger partial charge in [0.05, 0.1) is 22.9 Å². The number of nitrogens with zero attached hydrogens (tertiary/aromatic N) is 1. The number of rotatable bonds is 5. The molecule has 5 unspecified atom stereocenters. The van der Waals surface area contributed by atoms with Crippen molar-refractivity contribution in [3.8, 4) is 0 Å². The monoisotopic (exact) mass is 296 g/mol. The number of hydrogen-bond donors (Lipinski definition) is 1. The van der Waals surface area contributed by atoms with E-state index in [-0.39, 0.29) is 0 Å². The molecule has 0 spiro atoms. The quantitative estimate of drug-likeness (QED) is 0.905. The lowest BCUT2D eigenvalue weighted by Crippen LogP contribution is -2.43. The molecule has 0 aromatic carbocycles. The number of ether oxygens (including phenoxy) is 1. The fourth-order valence-electron chi connectivity index (χ4n) is 3.41. The summed E-state index contributed by atoms with van der Waals surface area (Å²) in [4.78, 5) is 6.05. The summed E-state index contributed by atoms with van der Waals surface area (Å²) in [5.41, 5.74) is 1.18. The highest BCUT2D eigenvalue weighted by Gasteiger charge is 2.41. The van der Waals surface area contributed by atoms with Gasteiger partial charge in [0.2, 0.25) is 0 Å². The molecule has 0 aliphatic carbocycles. The molecule has 0 amide bonds. The standard InChI is InChI=1S/C16H28N2OS/c1-7-17-14(8-15-18-10(3)13(6)20-15)16-9(2)11(4)19-12(16)5/h9,11-12,14,16-17H,7-8H2,1-6H3. The molecule has 1 aromatic rings. The number of aryl methyl sites for hydroxylation is 2. The SMILES string of the molecule is CCNC(Cc1nc(C)c(C)s1)C1C(C)OC(C)C1C. The van der Waals surface area contributed by atoms with E-state index >= 15 is 0 Å². The highest BCUT2D eigenvalue weighted by Crippen LogP contribution is 2.36. The van der Waals surface area contributed by atoms with Crippen LogP contribution >= 0.6 is 11.3 Å². The van der Waals surface area contributed by atoms with Gasteiger partial charge >= 0.3 is 0 Å². The first kappa shape index (κ1) is 15.9. The van der Waals surface area contributed by atoms with Gasteiger partial charge in [-0.25, -0.2) is 4.98 Å². The van der Waals surface area contributed by atoms with E-state index in [1.807, 2.05) is 11.3 Å². The lowest BCUT2D eigenvalue weighted by atomic mass is 9.82. The zero-order chi connectivity index (χ0) is 14.9. The van der Waals surface area contributed by atoms with Crippen LogP contribution in [0.5, 0.6) is 0 Å². The minimum Gasteiger partial charge on any atom is -0.375 e. The van der Waals surface area contributed by atoms with Gasteiger partial charge in [-0.1, -0.05) is 13.8 Å². The maximum atomic E-state index is 6.02. The minimum absolute atomic E-state index is 0.325. The first-order chi connectivity index (χ1) is 9.43. The van der Waals surface area contributed by atoms with Crippen molar-refractivity contribution in [3.05, 3.63) is 15.6 Å². The molecule has 1 saturated heterocycles. The van der Waals surface area contributed by atoms with Crippen LogP contribution in [0.25, 0.3) is 0 Å². The number of nitrogens with one attached hydrogen (secondary N) is 1. The van der Waals surface area contributed by atoms with Crippen molar-refractivity contribution in [2.75, 3.05) is 6.54 Å². The zero-order valence-electron chi connectivity index (χ0n) is 13.6. The fourth-order valence-corrected chi connectivity index (χ4v) is 4.40. The van der Waals surface area contributed by atoms with Crippen molar-refractivity contribution in [3.63, 3.8) is 0 Å². The topological polar surface area (TPSA) is 34.2 Å². The van der Waals surface area contributed by atoms with E-state index in [2.05, 4.69) is 46.9 Å². The molecule has 2 rings (SSSR count). The van der Waals surface area contributed by atoms with E-state index in [0.29, 0.717) is 30.1 Å². The van der Waals surface area contributed by atoms with Gasteiger partial charge in [-0.3, -0.25) is 0 Å². The average molecular weight is 296 g/mol. The molecule has 1 aromatic heterocycles. The van der Waals surface area contributed by atoms with Gasteiger partial charge in [-0.15, -0.1) is 11.3 Å². The Morgan fingerprint density at radius 1 is 1.25 bits per heavy atom. The fraction of sp³-hybridized carbons (Fsp3) is 0.812. The van der Waals surface area contributed by atoms with E-state index in [9.17, 15) is 0 Å². The molecule has 1 aliphatic heterocycles. The van der Waals surface area contributed by atoms with Crippen LogP contribution in [0.15, 0.2) is 0 Å². The van der Waals surface area contributed by atoms with Crippen molar-refractivity contribution in [1.82, 2.24) is 10.3 Å². The Balaban J connectivity index is 2.14. The molecular weight excluding hydrogens is 268 g/mol. The van der Waals surface area contributed by atoms with Crippen LogP contribution in [0.2, 0.25) is 0 Å². The third-order valence-electron chi connectivity index (χ3n) is 4.72. The molecule has 5 atom stereocenters.